The Morgan fingerprint density at radius 2 is 2.08 bits per heavy atom. The molecule has 0 atom stereocenters. The van der Waals surface area contributed by atoms with Crippen LogP contribution in [0.5, 0.6) is 0 Å². The van der Waals surface area contributed by atoms with E-state index in [2.05, 4.69) is 0 Å². The fourth-order valence-corrected chi connectivity index (χ4v) is 2.03. The van der Waals surface area contributed by atoms with Crippen molar-refractivity contribution in [3.63, 3.8) is 0 Å². The van der Waals surface area contributed by atoms with E-state index < -0.39 is 10.0 Å². The quantitative estimate of drug-likeness (QED) is 0.741. The van der Waals surface area contributed by atoms with Gasteiger partial charge in [-0.2, -0.15) is 0 Å². The zero-order chi connectivity index (χ0) is 10.1. The molecule has 0 aromatic heterocycles. The normalized spacial score (nSPS) is 11.6. The SMILES string of the molecule is Cc1c(Cl)cccc1S(=O)(=O)NO. The third-order valence-electron chi connectivity index (χ3n) is 1.63. The van der Waals surface area contributed by atoms with E-state index >= 15 is 0 Å². The van der Waals surface area contributed by atoms with Gasteiger partial charge in [-0.3, -0.25) is 0 Å². The summed E-state index contributed by atoms with van der Waals surface area (Å²) in [6, 6.07) is 4.44. The summed E-state index contributed by atoms with van der Waals surface area (Å²) < 4.78 is 22.3. The van der Waals surface area contributed by atoms with E-state index in [4.69, 9.17) is 16.8 Å². The first-order chi connectivity index (χ1) is 5.99. The van der Waals surface area contributed by atoms with Gasteiger partial charge in [-0.1, -0.05) is 22.6 Å². The Bertz CT molecular complexity index is 416. The van der Waals surface area contributed by atoms with Crippen LogP contribution in [0.3, 0.4) is 0 Å². The van der Waals surface area contributed by atoms with Gasteiger partial charge in [0, 0.05) is 5.02 Å². The number of halogens is 1. The lowest BCUT2D eigenvalue weighted by atomic mass is 10.2. The maximum atomic E-state index is 11.2. The van der Waals surface area contributed by atoms with E-state index in [9.17, 15) is 8.42 Å². The second-order valence-electron chi connectivity index (χ2n) is 2.46. The van der Waals surface area contributed by atoms with E-state index in [-0.39, 0.29) is 4.90 Å². The minimum Gasteiger partial charge on any atom is -0.302 e. The second-order valence-corrected chi connectivity index (χ2v) is 4.49. The lowest BCUT2D eigenvalue weighted by Gasteiger charge is -2.05. The molecular formula is C7H8ClNO3S. The predicted octanol–water partition coefficient (Wildman–Crippen LogP) is 1.32. The van der Waals surface area contributed by atoms with Gasteiger partial charge in [0.15, 0.2) is 0 Å². The van der Waals surface area contributed by atoms with Gasteiger partial charge in [0.25, 0.3) is 10.0 Å². The minimum absolute atomic E-state index is 0.0255. The molecule has 1 rings (SSSR count). The third kappa shape index (κ3) is 2.00. The van der Waals surface area contributed by atoms with Crippen LogP contribution in [0.2, 0.25) is 5.02 Å². The maximum absolute atomic E-state index is 11.2. The molecular weight excluding hydrogens is 214 g/mol. The molecule has 0 spiro atoms. The van der Waals surface area contributed by atoms with Crippen LogP contribution in [0.4, 0.5) is 0 Å². The Morgan fingerprint density at radius 3 is 2.62 bits per heavy atom. The van der Waals surface area contributed by atoms with Crippen LogP contribution >= 0.6 is 11.6 Å². The number of hydrogen-bond donors (Lipinski definition) is 2. The van der Waals surface area contributed by atoms with Crippen LogP contribution in [-0.2, 0) is 10.0 Å². The summed E-state index contributed by atoms with van der Waals surface area (Å²) in [7, 11) is -3.83. The molecule has 1 aromatic rings. The van der Waals surface area contributed by atoms with E-state index in [0.29, 0.717) is 10.6 Å². The first-order valence-electron chi connectivity index (χ1n) is 3.40. The molecule has 0 amide bonds. The van der Waals surface area contributed by atoms with Gasteiger partial charge in [0.2, 0.25) is 0 Å². The number of nitrogens with one attached hydrogen (secondary N) is 1. The van der Waals surface area contributed by atoms with E-state index in [1.807, 2.05) is 0 Å². The van der Waals surface area contributed by atoms with Crippen molar-refractivity contribution in [2.75, 3.05) is 0 Å². The second kappa shape index (κ2) is 3.63. The number of hydrogen-bond acceptors (Lipinski definition) is 3. The molecule has 13 heavy (non-hydrogen) atoms. The molecule has 1 aromatic carbocycles. The lowest BCUT2D eigenvalue weighted by Crippen LogP contribution is -2.20. The van der Waals surface area contributed by atoms with E-state index in [0.717, 1.165) is 0 Å². The first-order valence-corrected chi connectivity index (χ1v) is 5.26. The predicted molar refractivity (Wildman–Crippen MR) is 48.3 cm³/mol. The standard InChI is InChI=1S/C7H8ClNO3S/c1-5-6(8)3-2-4-7(5)13(11,12)9-10/h2-4,9-10H,1H3. The van der Waals surface area contributed by atoms with Gasteiger partial charge in [0.1, 0.15) is 0 Å². The summed E-state index contributed by atoms with van der Waals surface area (Å²) in [5, 5.41) is 8.73. The van der Waals surface area contributed by atoms with Crippen molar-refractivity contribution >= 4 is 21.6 Å². The smallest absolute Gasteiger partial charge is 0.262 e. The zero-order valence-corrected chi connectivity index (χ0v) is 8.35. The molecule has 0 unspecified atom stereocenters. The van der Waals surface area contributed by atoms with Crippen LogP contribution in [0.25, 0.3) is 0 Å². The molecule has 0 bridgehead atoms. The Balaban J connectivity index is 3.40. The molecule has 0 aliphatic heterocycles. The molecule has 4 nitrogen and oxygen atoms in total. The number of benzene rings is 1. The Kier molecular flexibility index (Phi) is 2.92. The van der Waals surface area contributed by atoms with Crippen molar-refractivity contribution < 1.29 is 13.6 Å². The summed E-state index contributed by atoms with van der Waals surface area (Å²) in [6.45, 7) is 1.56. The molecule has 0 saturated heterocycles. The largest absolute Gasteiger partial charge is 0.302 e. The fourth-order valence-electron chi connectivity index (χ4n) is 0.928. The molecule has 0 aliphatic carbocycles. The van der Waals surface area contributed by atoms with Crippen LogP contribution in [0.15, 0.2) is 23.1 Å². The molecule has 0 saturated carbocycles. The van der Waals surface area contributed by atoms with E-state index in [1.54, 1.807) is 13.0 Å². The van der Waals surface area contributed by atoms with Crippen molar-refractivity contribution in [2.24, 2.45) is 0 Å². The van der Waals surface area contributed by atoms with Crippen LogP contribution in [-0.4, -0.2) is 13.6 Å². The van der Waals surface area contributed by atoms with E-state index in [1.165, 1.54) is 17.0 Å². The van der Waals surface area contributed by atoms with Crippen LogP contribution < -0.4 is 4.89 Å². The summed E-state index contributed by atoms with van der Waals surface area (Å²) in [5.41, 5.74) is 0.408. The Morgan fingerprint density at radius 1 is 1.46 bits per heavy atom. The molecule has 72 valence electrons. The van der Waals surface area contributed by atoms with Gasteiger partial charge < -0.3 is 5.21 Å². The molecule has 0 radical (unpaired) electrons. The highest BCUT2D eigenvalue weighted by molar-refractivity contribution is 7.89. The van der Waals surface area contributed by atoms with Crippen LogP contribution in [0, 0.1) is 6.92 Å². The highest BCUT2D eigenvalue weighted by Gasteiger charge is 2.16. The summed E-state index contributed by atoms with van der Waals surface area (Å²) in [5.74, 6) is 0. The van der Waals surface area contributed by atoms with Crippen molar-refractivity contribution in [3.05, 3.63) is 28.8 Å². The highest BCUT2D eigenvalue weighted by atomic mass is 35.5. The Hall–Kier alpha value is -0.620. The number of rotatable bonds is 2. The molecule has 2 N–H and O–H groups in total. The number of sulfonamides is 1. The lowest BCUT2D eigenvalue weighted by molar-refractivity contribution is 0.242. The maximum Gasteiger partial charge on any atom is 0.262 e. The zero-order valence-electron chi connectivity index (χ0n) is 6.78. The summed E-state index contributed by atoms with van der Waals surface area (Å²) >= 11 is 5.70. The van der Waals surface area contributed by atoms with Gasteiger partial charge in [0.05, 0.1) is 4.90 Å². The van der Waals surface area contributed by atoms with Crippen molar-refractivity contribution in [1.29, 1.82) is 0 Å². The monoisotopic (exact) mass is 221 g/mol. The highest BCUT2D eigenvalue weighted by Crippen LogP contribution is 2.21. The summed E-state index contributed by atoms with van der Waals surface area (Å²) in [6.07, 6.45) is 0. The first kappa shape index (κ1) is 10.5. The average Bonchev–Trinajstić information content (AvgIpc) is 2.09. The topological polar surface area (TPSA) is 66.4 Å². The average molecular weight is 222 g/mol. The van der Waals surface area contributed by atoms with Gasteiger partial charge in [-0.25, -0.2) is 8.42 Å². The molecule has 0 aliphatic rings. The minimum atomic E-state index is -3.83. The van der Waals surface area contributed by atoms with Crippen LogP contribution in [0.1, 0.15) is 5.56 Å². The fraction of sp³-hybridized carbons (Fsp3) is 0.143. The molecule has 0 heterocycles. The van der Waals surface area contributed by atoms with Gasteiger partial charge in [-0.05, 0) is 24.6 Å². The molecule has 0 fully saturated rings. The van der Waals surface area contributed by atoms with Gasteiger partial charge >= 0.3 is 0 Å². The molecule has 6 heteroatoms. The van der Waals surface area contributed by atoms with Gasteiger partial charge in [-0.15, -0.1) is 0 Å². The third-order valence-corrected chi connectivity index (χ3v) is 3.30. The van der Waals surface area contributed by atoms with Crippen molar-refractivity contribution in [3.8, 4) is 0 Å². The van der Waals surface area contributed by atoms with Crippen molar-refractivity contribution in [1.82, 2.24) is 4.89 Å². The van der Waals surface area contributed by atoms with Crippen molar-refractivity contribution in [2.45, 2.75) is 11.8 Å². The Labute approximate surface area is 81.2 Å². The summed E-state index contributed by atoms with van der Waals surface area (Å²) in [4.78, 5) is 1.21.